The highest BCUT2D eigenvalue weighted by atomic mass is 19.4. The first-order valence-electron chi connectivity index (χ1n) is 7.12. The van der Waals surface area contributed by atoms with Crippen LogP contribution in [0.15, 0.2) is 18.2 Å². The molecular formula is C15H19F3N2O. The van der Waals surface area contributed by atoms with Crippen molar-refractivity contribution in [3.05, 3.63) is 29.3 Å². The summed E-state index contributed by atoms with van der Waals surface area (Å²) in [6.07, 6.45) is -0.597. The fourth-order valence-electron chi connectivity index (χ4n) is 2.88. The maximum atomic E-state index is 12.9. The number of carbonyl (C=O) groups excluding carboxylic acids is 1. The molecule has 0 radical (unpaired) electrons. The van der Waals surface area contributed by atoms with Crippen LogP contribution in [0, 0.1) is 0 Å². The third-order valence-corrected chi connectivity index (χ3v) is 3.97. The average Bonchev–Trinajstić information content (AvgIpc) is 2.92. The van der Waals surface area contributed by atoms with Gasteiger partial charge in [-0.25, -0.2) is 0 Å². The van der Waals surface area contributed by atoms with Gasteiger partial charge in [0, 0.05) is 23.8 Å². The molecule has 1 amide bonds. The number of alkyl halides is 3. The third-order valence-electron chi connectivity index (χ3n) is 3.97. The lowest BCUT2D eigenvalue weighted by Crippen LogP contribution is -2.38. The highest BCUT2D eigenvalue weighted by Gasteiger charge is 2.34. The topological polar surface area (TPSA) is 46.3 Å². The van der Waals surface area contributed by atoms with E-state index in [9.17, 15) is 18.0 Å². The number of anilines is 1. The van der Waals surface area contributed by atoms with Crippen LogP contribution in [0.3, 0.4) is 0 Å². The van der Waals surface area contributed by atoms with Gasteiger partial charge in [0.05, 0.1) is 5.56 Å². The van der Waals surface area contributed by atoms with Crippen molar-refractivity contribution in [3.8, 4) is 0 Å². The van der Waals surface area contributed by atoms with Crippen molar-refractivity contribution < 1.29 is 18.0 Å². The number of rotatable bonds is 3. The SMILES string of the molecule is CCN(C(=O)c1ccc(N)c(C(F)(F)F)c1)C1CCCC1. The largest absolute Gasteiger partial charge is 0.418 e. The van der Waals surface area contributed by atoms with Crippen LogP contribution in [0.25, 0.3) is 0 Å². The summed E-state index contributed by atoms with van der Waals surface area (Å²) in [5.74, 6) is -0.352. The van der Waals surface area contributed by atoms with Crippen molar-refractivity contribution >= 4 is 11.6 Å². The molecule has 1 fully saturated rings. The van der Waals surface area contributed by atoms with Crippen LogP contribution in [-0.2, 0) is 6.18 Å². The van der Waals surface area contributed by atoms with Crippen molar-refractivity contribution in [2.24, 2.45) is 0 Å². The minimum atomic E-state index is -4.55. The number of halogens is 3. The van der Waals surface area contributed by atoms with Crippen molar-refractivity contribution in [1.82, 2.24) is 4.90 Å². The molecule has 0 heterocycles. The molecule has 2 N–H and O–H groups in total. The first-order chi connectivity index (χ1) is 9.84. The Morgan fingerprint density at radius 3 is 2.48 bits per heavy atom. The Morgan fingerprint density at radius 1 is 1.33 bits per heavy atom. The van der Waals surface area contributed by atoms with Crippen molar-refractivity contribution in [3.63, 3.8) is 0 Å². The normalized spacial score (nSPS) is 16.2. The first kappa shape index (κ1) is 15.7. The Kier molecular flexibility index (Phi) is 4.44. The molecular weight excluding hydrogens is 281 g/mol. The van der Waals surface area contributed by atoms with Crippen LogP contribution < -0.4 is 5.73 Å². The number of benzene rings is 1. The van der Waals surface area contributed by atoms with E-state index in [0.717, 1.165) is 37.8 Å². The zero-order valence-corrected chi connectivity index (χ0v) is 11.9. The Labute approximate surface area is 121 Å². The number of amides is 1. The van der Waals surface area contributed by atoms with Crippen LogP contribution in [0.5, 0.6) is 0 Å². The van der Waals surface area contributed by atoms with Crippen molar-refractivity contribution in [1.29, 1.82) is 0 Å². The second-order valence-electron chi connectivity index (χ2n) is 5.33. The van der Waals surface area contributed by atoms with Crippen LogP contribution >= 0.6 is 0 Å². The second kappa shape index (κ2) is 5.95. The highest BCUT2D eigenvalue weighted by Crippen LogP contribution is 2.34. The molecule has 0 saturated heterocycles. The van der Waals surface area contributed by atoms with Gasteiger partial charge < -0.3 is 10.6 Å². The maximum Gasteiger partial charge on any atom is 0.418 e. The molecule has 0 aliphatic heterocycles. The number of nitrogen functional groups attached to an aromatic ring is 1. The van der Waals surface area contributed by atoms with Gasteiger partial charge in [-0.2, -0.15) is 13.2 Å². The molecule has 6 heteroatoms. The number of hydrogen-bond acceptors (Lipinski definition) is 2. The minimum Gasteiger partial charge on any atom is -0.398 e. The van der Waals surface area contributed by atoms with E-state index >= 15 is 0 Å². The van der Waals surface area contributed by atoms with Gasteiger partial charge in [-0.15, -0.1) is 0 Å². The predicted molar refractivity (Wildman–Crippen MR) is 74.8 cm³/mol. The van der Waals surface area contributed by atoms with Gasteiger partial charge in [0.25, 0.3) is 5.91 Å². The number of nitrogens with two attached hydrogens (primary N) is 1. The molecule has 1 aromatic rings. The van der Waals surface area contributed by atoms with E-state index in [1.54, 1.807) is 4.90 Å². The van der Waals surface area contributed by atoms with Crippen LogP contribution in [0.4, 0.5) is 18.9 Å². The summed E-state index contributed by atoms with van der Waals surface area (Å²) in [6, 6.07) is 3.51. The lowest BCUT2D eigenvalue weighted by atomic mass is 10.1. The lowest BCUT2D eigenvalue weighted by molar-refractivity contribution is -0.136. The van der Waals surface area contributed by atoms with Gasteiger partial charge >= 0.3 is 6.18 Å². The smallest absolute Gasteiger partial charge is 0.398 e. The fourth-order valence-corrected chi connectivity index (χ4v) is 2.88. The summed E-state index contributed by atoms with van der Waals surface area (Å²) in [5, 5.41) is 0. The average molecular weight is 300 g/mol. The summed E-state index contributed by atoms with van der Waals surface area (Å²) >= 11 is 0. The molecule has 0 atom stereocenters. The van der Waals surface area contributed by atoms with E-state index in [1.165, 1.54) is 6.07 Å². The van der Waals surface area contributed by atoms with E-state index in [0.29, 0.717) is 6.54 Å². The van der Waals surface area contributed by atoms with Gasteiger partial charge in [0.2, 0.25) is 0 Å². The van der Waals surface area contributed by atoms with Gasteiger partial charge in [-0.1, -0.05) is 12.8 Å². The van der Waals surface area contributed by atoms with Gasteiger partial charge in [0.1, 0.15) is 0 Å². The summed E-state index contributed by atoms with van der Waals surface area (Å²) in [6.45, 7) is 2.34. The first-order valence-corrected chi connectivity index (χ1v) is 7.12. The van der Waals surface area contributed by atoms with E-state index in [2.05, 4.69) is 0 Å². The summed E-state index contributed by atoms with van der Waals surface area (Å²) in [4.78, 5) is 14.1. The number of hydrogen-bond donors (Lipinski definition) is 1. The van der Waals surface area contributed by atoms with Gasteiger partial charge in [-0.3, -0.25) is 4.79 Å². The molecule has 1 aliphatic carbocycles. The van der Waals surface area contributed by atoms with E-state index < -0.39 is 11.7 Å². The molecule has 1 aliphatic rings. The minimum absolute atomic E-state index is 0.0466. The summed E-state index contributed by atoms with van der Waals surface area (Å²) in [7, 11) is 0. The monoisotopic (exact) mass is 300 g/mol. The fraction of sp³-hybridized carbons (Fsp3) is 0.533. The Balaban J connectivity index is 2.30. The van der Waals surface area contributed by atoms with Gasteiger partial charge in [0.15, 0.2) is 0 Å². The maximum absolute atomic E-state index is 12.9. The van der Waals surface area contributed by atoms with Crippen LogP contribution in [-0.4, -0.2) is 23.4 Å². The van der Waals surface area contributed by atoms with E-state index in [-0.39, 0.29) is 23.2 Å². The quantitative estimate of drug-likeness (QED) is 0.865. The van der Waals surface area contributed by atoms with Crippen molar-refractivity contribution in [2.45, 2.75) is 44.8 Å². The van der Waals surface area contributed by atoms with E-state index in [1.807, 2.05) is 6.92 Å². The molecule has 2 rings (SSSR count). The number of carbonyl (C=O) groups is 1. The lowest BCUT2D eigenvalue weighted by Gasteiger charge is -2.28. The molecule has 116 valence electrons. The third kappa shape index (κ3) is 3.31. The Morgan fingerprint density at radius 2 is 1.95 bits per heavy atom. The Bertz CT molecular complexity index is 522. The van der Waals surface area contributed by atoms with Crippen LogP contribution in [0.2, 0.25) is 0 Å². The molecule has 21 heavy (non-hydrogen) atoms. The molecule has 0 aromatic heterocycles. The molecule has 1 saturated carbocycles. The van der Waals surface area contributed by atoms with E-state index in [4.69, 9.17) is 5.73 Å². The Hall–Kier alpha value is -1.72. The summed E-state index contributed by atoms with van der Waals surface area (Å²) < 4.78 is 38.6. The van der Waals surface area contributed by atoms with Gasteiger partial charge in [-0.05, 0) is 38.0 Å². The molecule has 0 spiro atoms. The molecule has 0 unspecified atom stereocenters. The zero-order valence-electron chi connectivity index (χ0n) is 11.9. The highest BCUT2D eigenvalue weighted by molar-refractivity contribution is 5.95. The second-order valence-corrected chi connectivity index (χ2v) is 5.33. The van der Waals surface area contributed by atoms with Crippen molar-refractivity contribution in [2.75, 3.05) is 12.3 Å². The molecule has 3 nitrogen and oxygen atoms in total. The standard InChI is InChI=1S/C15H19F3N2O/c1-2-20(11-5-3-4-6-11)14(21)10-7-8-13(19)12(9-10)15(16,17)18/h7-9,11H,2-6,19H2,1H3. The van der Waals surface area contributed by atoms with Crippen LogP contribution in [0.1, 0.15) is 48.5 Å². The molecule has 1 aromatic carbocycles. The summed E-state index contributed by atoms with van der Waals surface area (Å²) in [5.41, 5.74) is 4.10. The number of nitrogens with zero attached hydrogens (tertiary/aromatic N) is 1. The zero-order chi connectivity index (χ0) is 15.6. The predicted octanol–water partition coefficient (Wildman–Crippen LogP) is 3.69. The molecule has 0 bridgehead atoms.